The van der Waals surface area contributed by atoms with Crippen molar-refractivity contribution in [2.24, 2.45) is 5.92 Å². The molecule has 3 heteroatoms. The van der Waals surface area contributed by atoms with Crippen molar-refractivity contribution in [2.75, 3.05) is 13.2 Å². The lowest BCUT2D eigenvalue weighted by molar-refractivity contribution is 0.136. The molecule has 0 aliphatic rings. The van der Waals surface area contributed by atoms with Crippen molar-refractivity contribution in [1.82, 2.24) is 0 Å². The second kappa shape index (κ2) is 17.8. The minimum absolute atomic E-state index is 0.167. The Kier molecular flexibility index (Phi) is 17.9. The van der Waals surface area contributed by atoms with Crippen LogP contribution in [0.3, 0.4) is 0 Å². The summed E-state index contributed by atoms with van der Waals surface area (Å²) >= 11 is 0. The summed E-state index contributed by atoms with van der Waals surface area (Å²) in [7, 11) is -2.23. The number of rotatable bonds is 21. The van der Waals surface area contributed by atoms with Crippen LogP contribution in [-0.4, -0.2) is 21.8 Å². The molecule has 0 bridgehead atoms. The molecular weight excluding hydrogens is 372 g/mol. The van der Waals surface area contributed by atoms with Gasteiger partial charge in [-0.15, -0.1) is 0 Å². The van der Waals surface area contributed by atoms with Crippen molar-refractivity contribution in [3.05, 3.63) is 0 Å². The van der Waals surface area contributed by atoms with Crippen molar-refractivity contribution < 1.29 is 8.85 Å². The number of hydrogen-bond acceptors (Lipinski definition) is 2. The maximum absolute atomic E-state index is 6.54. The third kappa shape index (κ3) is 10.8. The van der Waals surface area contributed by atoms with Crippen LogP contribution >= 0.6 is 0 Å². The SMILES string of the molecule is CCCCCCCCCCCCCC[Si](OCC)(OCC)C(C)(C)C(CC)CC. The van der Waals surface area contributed by atoms with E-state index in [4.69, 9.17) is 8.85 Å². The second-order valence-electron chi connectivity index (χ2n) is 9.49. The summed E-state index contributed by atoms with van der Waals surface area (Å²) in [4.78, 5) is 0. The van der Waals surface area contributed by atoms with Gasteiger partial charge in [0.2, 0.25) is 0 Å². The van der Waals surface area contributed by atoms with Crippen LogP contribution in [0.15, 0.2) is 0 Å². The Labute approximate surface area is 186 Å². The summed E-state index contributed by atoms with van der Waals surface area (Å²) in [5, 5.41) is 0.167. The van der Waals surface area contributed by atoms with Crippen LogP contribution < -0.4 is 0 Å². The lowest BCUT2D eigenvalue weighted by atomic mass is 9.90. The summed E-state index contributed by atoms with van der Waals surface area (Å²) in [5.41, 5.74) is 0. The van der Waals surface area contributed by atoms with Crippen LogP contribution in [0.5, 0.6) is 0 Å². The highest BCUT2D eigenvalue weighted by Crippen LogP contribution is 2.50. The molecule has 0 rings (SSSR count). The van der Waals surface area contributed by atoms with E-state index in [2.05, 4.69) is 48.5 Å². The predicted octanol–water partition coefficient (Wildman–Crippen LogP) is 9.42. The molecule has 0 aromatic heterocycles. The molecule has 0 amide bonds. The van der Waals surface area contributed by atoms with Gasteiger partial charge in [-0.3, -0.25) is 0 Å². The molecule has 0 unspecified atom stereocenters. The number of hydrogen-bond donors (Lipinski definition) is 0. The lowest BCUT2D eigenvalue weighted by Crippen LogP contribution is -2.54. The Balaban J connectivity index is 4.35. The highest BCUT2D eigenvalue weighted by molar-refractivity contribution is 6.70. The molecule has 0 aliphatic carbocycles. The molecule has 0 aliphatic heterocycles. The van der Waals surface area contributed by atoms with Gasteiger partial charge in [-0.05, 0) is 25.8 Å². The summed E-state index contributed by atoms with van der Waals surface area (Å²) in [6.07, 6.45) is 19.2. The Morgan fingerprint density at radius 1 is 0.586 bits per heavy atom. The summed E-state index contributed by atoms with van der Waals surface area (Å²) in [5.74, 6) is 0.685. The molecule has 0 aromatic rings. The molecule has 0 heterocycles. The molecule has 0 saturated carbocycles. The molecule has 29 heavy (non-hydrogen) atoms. The Morgan fingerprint density at radius 2 is 0.966 bits per heavy atom. The van der Waals surface area contributed by atoms with E-state index in [0.29, 0.717) is 5.92 Å². The van der Waals surface area contributed by atoms with Crippen molar-refractivity contribution in [2.45, 2.75) is 149 Å². The highest BCUT2D eigenvalue weighted by Gasteiger charge is 2.54. The van der Waals surface area contributed by atoms with E-state index in [1.807, 2.05) is 0 Å². The Hall–Kier alpha value is 0.137. The van der Waals surface area contributed by atoms with Crippen molar-refractivity contribution >= 4 is 8.56 Å². The van der Waals surface area contributed by atoms with E-state index < -0.39 is 8.56 Å². The standard InChI is InChI=1S/C26H56O2Si/c1-8-13-14-15-16-17-18-19-20-21-22-23-24-29(27-11-4,28-12-5)26(6,7)25(9-2)10-3/h25H,8-24H2,1-7H3. The molecule has 2 nitrogen and oxygen atoms in total. The molecular formula is C26H56O2Si. The van der Waals surface area contributed by atoms with E-state index in [9.17, 15) is 0 Å². The van der Waals surface area contributed by atoms with E-state index in [-0.39, 0.29) is 5.04 Å². The van der Waals surface area contributed by atoms with Gasteiger partial charge in [0.25, 0.3) is 0 Å². The van der Waals surface area contributed by atoms with Crippen LogP contribution in [-0.2, 0) is 8.85 Å². The quantitative estimate of drug-likeness (QED) is 0.134. The van der Waals surface area contributed by atoms with Crippen molar-refractivity contribution in [3.8, 4) is 0 Å². The van der Waals surface area contributed by atoms with Crippen LogP contribution in [0.2, 0.25) is 11.1 Å². The molecule has 176 valence electrons. The first-order chi connectivity index (χ1) is 14.0. The average molecular weight is 429 g/mol. The van der Waals surface area contributed by atoms with E-state index in [1.54, 1.807) is 0 Å². The molecule has 0 atom stereocenters. The van der Waals surface area contributed by atoms with Crippen molar-refractivity contribution in [3.63, 3.8) is 0 Å². The van der Waals surface area contributed by atoms with Gasteiger partial charge in [0.1, 0.15) is 0 Å². The van der Waals surface area contributed by atoms with E-state index >= 15 is 0 Å². The van der Waals surface area contributed by atoms with Crippen LogP contribution in [0, 0.1) is 5.92 Å². The second-order valence-corrected chi connectivity index (χ2v) is 13.4. The largest absolute Gasteiger partial charge is 0.394 e. The van der Waals surface area contributed by atoms with Gasteiger partial charge < -0.3 is 8.85 Å². The highest BCUT2D eigenvalue weighted by atomic mass is 28.4. The van der Waals surface area contributed by atoms with Crippen LogP contribution in [0.4, 0.5) is 0 Å². The summed E-state index contributed by atoms with van der Waals surface area (Å²) in [6, 6.07) is 1.16. The van der Waals surface area contributed by atoms with Gasteiger partial charge in [0.05, 0.1) is 0 Å². The first kappa shape index (κ1) is 29.1. The average Bonchev–Trinajstić information content (AvgIpc) is 2.69. The predicted molar refractivity (Wildman–Crippen MR) is 133 cm³/mol. The fourth-order valence-electron chi connectivity index (χ4n) is 5.17. The van der Waals surface area contributed by atoms with E-state index in [1.165, 1.54) is 89.9 Å². The summed E-state index contributed by atoms with van der Waals surface area (Å²) in [6.45, 7) is 17.7. The van der Waals surface area contributed by atoms with Crippen LogP contribution in [0.25, 0.3) is 0 Å². The minimum atomic E-state index is -2.23. The fourth-order valence-corrected chi connectivity index (χ4v) is 9.60. The zero-order chi connectivity index (χ0) is 22.0. The van der Waals surface area contributed by atoms with Gasteiger partial charge in [0, 0.05) is 18.3 Å². The van der Waals surface area contributed by atoms with E-state index in [0.717, 1.165) is 19.3 Å². The Morgan fingerprint density at radius 3 is 1.31 bits per heavy atom. The zero-order valence-corrected chi connectivity index (χ0v) is 22.4. The first-order valence-electron chi connectivity index (χ1n) is 13.2. The summed E-state index contributed by atoms with van der Waals surface area (Å²) < 4.78 is 13.1. The van der Waals surface area contributed by atoms with Gasteiger partial charge in [0.15, 0.2) is 0 Å². The van der Waals surface area contributed by atoms with Gasteiger partial charge in [-0.2, -0.15) is 0 Å². The van der Waals surface area contributed by atoms with Gasteiger partial charge in [-0.25, -0.2) is 0 Å². The van der Waals surface area contributed by atoms with Crippen LogP contribution in [0.1, 0.15) is 138 Å². The van der Waals surface area contributed by atoms with Gasteiger partial charge >= 0.3 is 8.56 Å². The van der Waals surface area contributed by atoms with Gasteiger partial charge in [-0.1, -0.05) is 125 Å². The topological polar surface area (TPSA) is 18.5 Å². The normalized spacial score (nSPS) is 12.8. The van der Waals surface area contributed by atoms with Crippen molar-refractivity contribution in [1.29, 1.82) is 0 Å². The molecule has 0 radical (unpaired) electrons. The Bertz CT molecular complexity index is 347. The first-order valence-corrected chi connectivity index (χ1v) is 15.3. The lowest BCUT2D eigenvalue weighted by Gasteiger charge is -2.47. The number of unbranched alkanes of at least 4 members (excludes halogenated alkanes) is 11. The third-order valence-electron chi connectivity index (χ3n) is 7.10. The molecule has 0 saturated heterocycles. The minimum Gasteiger partial charge on any atom is -0.394 e. The molecule has 0 fully saturated rings. The smallest absolute Gasteiger partial charge is 0.344 e. The maximum Gasteiger partial charge on any atom is 0.344 e. The maximum atomic E-state index is 6.54. The zero-order valence-electron chi connectivity index (χ0n) is 21.4. The monoisotopic (exact) mass is 428 g/mol. The fraction of sp³-hybridized carbons (Fsp3) is 1.00. The third-order valence-corrected chi connectivity index (χ3v) is 12.0. The molecule has 0 spiro atoms. The molecule has 0 N–H and O–H groups in total. The molecule has 0 aromatic carbocycles.